The van der Waals surface area contributed by atoms with Gasteiger partial charge in [-0.3, -0.25) is 0 Å². The largest absolute Gasteiger partial charge is 0.377 e. The first-order chi connectivity index (χ1) is 7.79. The van der Waals surface area contributed by atoms with E-state index in [9.17, 15) is 0 Å². The SMILES string of the molecule is N#Cc1ccccc1NC1(CN)CCCC1. The van der Waals surface area contributed by atoms with Gasteiger partial charge in [-0.05, 0) is 25.0 Å². The molecule has 0 aliphatic heterocycles. The standard InChI is InChI=1S/C13H17N3/c14-9-11-5-1-2-6-12(11)16-13(10-15)7-3-4-8-13/h1-2,5-6,16H,3-4,7-8,10,15H2. The molecule has 0 heterocycles. The topological polar surface area (TPSA) is 61.8 Å². The molecule has 0 saturated heterocycles. The zero-order valence-electron chi connectivity index (χ0n) is 9.37. The second-order valence-electron chi connectivity index (χ2n) is 4.47. The molecule has 0 atom stereocenters. The number of nitrogens with one attached hydrogen (secondary N) is 1. The summed E-state index contributed by atoms with van der Waals surface area (Å²) in [7, 11) is 0. The van der Waals surface area contributed by atoms with Crippen molar-refractivity contribution in [1.29, 1.82) is 5.26 Å². The Morgan fingerprint density at radius 2 is 2.00 bits per heavy atom. The van der Waals surface area contributed by atoms with Crippen LogP contribution in [0.3, 0.4) is 0 Å². The van der Waals surface area contributed by atoms with Crippen molar-refractivity contribution in [1.82, 2.24) is 0 Å². The number of para-hydroxylation sites is 1. The Morgan fingerprint density at radius 1 is 1.31 bits per heavy atom. The van der Waals surface area contributed by atoms with E-state index in [1.165, 1.54) is 12.8 Å². The first-order valence-corrected chi connectivity index (χ1v) is 5.77. The summed E-state index contributed by atoms with van der Waals surface area (Å²) in [5.74, 6) is 0. The summed E-state index contributed by atoms with van der Waals surface area (Å²) in [5, 5.41) is 12.5. The van der Waals surface area contributed by atoms with E-state index in [4.69, 9.17) is 11.0 Å². The fraction of sp³-hybridized carbons (Fsp3) is 0.462. The van der Waals surface area contributed by atoms with Gasteiger partial charge in [0.2, 0.25) is 0 Å². The van der Waals surface area contributed by atoms with Crippen molar-refractivity contribution in [3.63, 3.8) is 0 Å². The van der Waals surface area contributed by atoms with Crippen LogP contribution >= 0.6 is 0 Å². The second kappa shape index (κ2) is 4.54. The van der Waals surface area contributed by atoms with Crippen molar-refractivity contribution < 1.29 is 0 Å². The molecule has 1 aliphatic carbocycles. The Morgan fingerprint density at radius 3 is 2.62 bits per heavy atom. The van der Waals surface area contributed by atoms with E-state index in [0.29, 0.717) is 12.1 Å². The molecule has 2 rings (SSSR count). The van der Waals surface area contributed by atoms with Gasteiger partial charge in [-0.1, -0.05) is 25.0 Å². The van der Waals surface area contributed by atoms with Crippen LogP contribution in [0.15, 0.2) is 24.3 Å². The highest BCUT2D eigenvalue weighted by Crippen LogP contribution is 2.33. The number of hydrogen-bond donors (Lipinski definition) is 2. The van der Waals surface area contributed by atoms with E-state index in [1.54, 1.807) is 0 Å². The van der Waals surface area contributed by atoms with Gasteiger partial charge >= 0.3 is 0 Å². The van der Waals surface area contributed by atoms with Crippen LogP contribution in [0.4, 0.5) is 5.69 Å². The predicted molar refractivity (Wildman–Crippen MR) is 65.0 cm³/mol. The maximum absolute atomic E-state index is 9.03. The molecule has 0 amide bonds. The van der Waals surface area contributed by atoms with Crippen LogP contribution in [0.5, 0.6) is 0 Å². The van der Waals surface area contributed by atoms with Gasteiger partial charge in [0.25, 0.3) is 0 Å². The molecule has 0 aromatic heterocycles. The molecule has 0 spiro atoms. The Bertz CT molecular complexity index is 400. The Kier molecular flexibility index (Phi) is 3.12. The number of nitrogens with two attached hydrogens (primary N) is 1. The van der Waals surface area contributed by atoms with Crippen molar-refractivity contribution in [3.05, 3.63) is 29.8 Å². The molecule has 84 valence electrons. The highest BCUT2D eigenvalue weighted by Gasteiger charge is 2.32. The highest BCUT2D eigenvalue weighted by molar-refractivity contribution is 5.58. The molecule has 3 N–H and O–H groups in total. The molecule has 16 heavy (non-hydrogen) atoms. The van der Waals surface area contributed by atoms with Crippen LogP contribution in [0.2, 0.25) is 0 Å². The van der Waals surface area contributed by atoms with Gasteiger partial charge in [-0.25, -0.2) is 0 Å². The van der Waals surface area contributed by atoms with E-state index >= 15 is 0 Å². The van der Waals surface area contributed by atoms with Crippen molar-refractivity contribution in [3.8, 4) is 6.07 Å². The molecule has 3 heteroatoms. The van der Waals surface area contributed by atoms with E-state index < -0.39 is 0 Å². The van der Waals surface area contributed by atoms with Gasteiger partial charge in [-0.15, -0.1) is 0 Å². The lowest BCUT2D eigenvalue weighted by Crippen LogP contribution is -2.42. The third-order valence-corrected chi connectivity index (χ3v) is 3.40. The fourth-order valence-corrected chi connectivity index (χ4v) is 2.41. The summed E-state index contributed by atoms with van der Waals surface area (Å²) in [6.07, 6.45) is 4.64. The summed E-state index contributed by atoms with van der Waals surface area (Å²) < 4.78 is 0. The smallest absolute Gasteiger partial charge is 0.101 e. The quantitative estimate of drug-likeness (QED) is 0.812. The molecule has 1 saturated carbocycles. The molecule has 1 fully saturated rings. The van der Waals surface area contributed by atoms with E-state index in [1.807, 2.05) is 24.3 Å². The fourth-order valence-electron chi connectivity index (χ4n) is 2.41. The number of anilines is 1. The molecule has 0 unspecified atom stereocenters. The van der Waals surface area contributed by atoms with Crippen LogP contribution in [0.1, 0.15) is 31.2 Å². The van der Waals surface area contributed by atoms with Gasteiger partial charge in [0.05, 0.1) is 11.3 Å². The summed E-state index contributed by atoms with van der Waals surface area (Å²) in [4.78, 5) is 0. The van der Waals surface area contributed by atoms with E-state index in [-0.39, 0.29) is 5.54 Å². The van der Waals surface area contributed by atoms with Crippen molar-refractivity contribution >= 4 is 5.69 Å². The minimum absolute atomic E-state index is 0.00690. The molecular formula is C13H17N3. The van der Waals surface area contributed by atoms with Crippen molar-refractivity contribution in [2.45, 2.75) is 31.2 Å². The van der Waals surface area contributed by atoms with Gasteiger partial charge in [-0.2, -0.15) is 5.26 Å². The van der Waals surface area contributed by atoms with E-state index in [0.717, 1.165) is 18.5 Å². The molecule has 0 bridgehead atoms. The molecule has 1 aromatic rings. The number of hydrogen-bond acceptors (Lipinski definition) is 3. The number of nitrogens with zero attached hydrogens (tertiary/aromatic N) is 1. The molecule has 1 aromatic carbocycles. The van der Waals surface area contributed by atoms with E-state index in [2.05, 4.69) is 11.4 Å². The lowest BCUT2D eigenvalue weighted by atomic mass is 9.96. The normalized spacial score (nSPS) is 18.0. The van der Waals surface area contributed by atoms with Crippen molar-refractivity contribution in [2.75, 3.05) is 11.9 Å². The first kappa shape index (κ1) is 11.0. The highest BCUT2D eigenvalue weighted by atomic mass is 15.0. The third-order valence-electron chi connectivity index (χ3n) is 3.40. The maximum Gasteiger partial charge on any atom is 0.101 e. The number of benzene rings is 1. The average molecular weight is 215 g/mol. The monoisotopic (exact) mass is 215 g/mol. The average Bonchev–Trinajstić information content (AvgIpc) is 2.79. The zero-order chi connectivity index (χ0) is 11.4. The number of rotatable bonds is 3. The number of nitriles is 1. The van der Waals surface area contributed by atoms with Crippen LogP contribution in [-0.2, 0) is 0 Å². The zero-order valence-corrected chi connectivity index (χ0v) is 9.37. The third kappa shape index (κ3) is 2.02. The lowest BCUT2D eigenvalue weighted by molar-refractivity contribution is 0.493. The summed E-state index contributed by atoms with van der Waals surface area (Å²) in [6.45, 7) is 0.632. The van der Waals surface area contributed by atoms with Crippen LogP contribution in [0, 0.1) is 11.3 Å². The summed E-state index contributed by atoms with van der Waals surface area (Å²) in [5.41, 5.74) is 7.48. The van der Waals surface area contributed by atoms with Crippen LogP contribution in [0.25, 0.3) is 0 Å². The summed E-state index contributed by atoms with van der Waals surface area (Å²) in [6, 6.07) is 9.82. The second-order valence-corrected chi connectivity index (χ2v) is 4.47. The van der Waals surface area contributed by atoms with Crippen LogP contribution in [-0.4, -0.2) is 12.1 Å². The van der Waals surface area contributed by atoms with Crippen molar-refractivity contribution in [2.24, 2.45) is 5.73 Å². The molecular weight excluding hydrogens is 198 g/mol. The minimum atomic E-state index is 0.00690. The Hall–Kier alpha value is -1.53. The van der Waals surface area contributed by atoms with Gasteiger partial charge in [0.15, 0.2) is 0 Å². The van der Waals surface area contributed by atoms with Gasteiger partial charge < -0.3 is 11.1 Å². The first-order valence-electron chi connectivity index (χ1n) is 5.77. The predicted octanol–water partition coefficient (Wildman–Crippen LogP) is 2.24. The molecule has 3 nitrogen and oxygen atoms in total. The molecule has 1 aliphatic rings. The Balaban J connectivity index is 2.23. The minimum Gasteiger partial charge on any atom is -0.377 e. The lowest BCUT2D eigenvalue weighted by Gasteiger charge is -2.30. The Labute approximate surface area is 96.3 Å². The maximum atomic E-state index is 9.03. The van der Waals surface area contributed by atoms with Gasteiger partial charge in [0, 0.05) is 12.1 Å². The van der Waals surface area contributed by atoms with Gasteiger partial charge in [0.1, 0.15) is 6.07 Å². The van der Waals surface area contributed by atoms with Crippen LogP contribution < -0.4 is 11.1 Å². The molecule has 0 radical (unpaired) electrons. The summed E-state index contributed by atoms with van der Waals surface area (Å²) >= 11 is 0.